The maximum Gasteiger partial charge on any atom is 0.307 e. The molecule has 0 amide bonds. The van der Waals surface area contributed by atoms with Crippen LogP contribution < -0.4 is 0 Å². The summed E-state index contributed by atoms with van der Waals surface area (Å²) in [6.45, 7) is 2.16. The fourth-order valence-corrected chi connectivity index (χ4v) is 3.28. The maximum atomic E-state index is 11.2. The van der Waals surface area contributed by atoms with E-state index in [-0.39, 0.29) is 18.2 Å². The van der Waals surface area contributed by atoms with E-state index >= 15 is 0 Å². The molecule has 0 aliphatic carbocycles. The number of hydrogen-bond donors (Lipinski definition) is 0. The molecule has 3 rings (SSSR count). The monoisotopic (exact) mass is 270 g/mol. The third-order valence-electron chi connectivity index (χ3n) is 3.80. The Bertz CT molecular complexity index is 433. The van der Waals surface area contributed by atoms with Gasteiger partial charge in [-0.1, -0.05) is 0 Å². The first-order chi connectivity index (χ1) is 9.05. The summed E-state index contributed by atoms with van der Waals surface area (Å²) in [7, 11) is 3.23. The van der Waals surface area contributed by atoms with Crippen molar-refractivity contribution in [2.75, 3.05) is 27.4 Å². The number of rotatable bonds is 5. The largest absolute Gasteiger partial charge is 0.431 e. The minimum absolute atomic E-state index is 0.0214. The van der Waals surface area contributed by atoms with E-state index in [9.17, 15) is 4.79 Å². The van der Waals surface area contributed by atoms with Crippen molar-refractivity contribution in [2.45, 2.75) is 36.8 Å². The van der Waals surface area contributed by atoms with Gasteiger partial charge in [-0.2, -0.15) is 0 Å². The minimum Gasteiger partial charge on any atom is -0.431 e. The first-order valence-corrected chi connectivity index (χ1v) is 6.29. The van der Waals surface area contributed by atoms with Gasteiger partial charge in [0.1, 0.15) is 29.2 Å². The Kier molecular flexibility index (Phi) is 2.94. The van der Waals surface area contributed by atoms with Crippen molar-refractivity contribution in [1.82, 2.24) is 0 Å². The Hall–Kier alpha value is -0.950. The van der Waals surface area contributed by atoms with Gasteiger partial charge in [-0.3, -0.25) is 4.79 Å². The number of carbonyl (C=O) groups is 1. The van der Waals surface area contributed by atoms with E-state index in [1.54, 1.807) is 14.2 Å². The summed E-state index contributed by atoms with van der Waals surface area (Å²) >= 11 is 0. The number of carbonyl (C=O) groups excluding carboxylic acids is 1. The molecule has 19 heavy (non-hydrogen) atoms. The molecule has 0 aromatic rings. The van der Waals surface area contributed by atoms with E-state index in [1.807, 2.05) is 6.08 Å². The predicted molar refractivity (Wildman–Crippen MR) is 63.4 cm³/mol. The zero-order valence-corrected chi connectivity index (χ0v) is 11.3. The lowest BCUT2D eigenvalue weighted by atomic mass is 9.96. The number of fused-ring (bicyclic) bond motifs is 5. The molecule has 2 fully saturated rings. The molecule has 0 unspecified atom stereocenters. The van der Waals surface area contributed by atoms with Crippen molar-refractivity contribution in [3.05, 3.63) is 11.8 Å². The van der Waals surface area contributed by atoms with Gasteiger partial charge in [0.15, 0.2) is 0 Å². The Balaban J connectivity index is 1.92. The lowest BCUT2D eigenvalue weighted by Crippen LogP contribution is -2.50. The van der Waals surface area contributed by atoms with E-state index < -0.39 is 11.2 Å². The molecule has 0 spiro atoms. The van der Waals surface area contributed by atoms with Gasteiger partial charge in [-0.05, 0) is 6.08 Å². The van der Waals surface area contributed by atoms with Gasteiger partial charge in [-0.15, -0.1) is 0 Å². The molecule has 2 saturated heterocycles. The first kappa shape index (κ1) is 13.1. The lowest BCUT2D eigenvalue weighted by Gasteiger charge is -2.40. The second kappa shape index (κ2) is 4.28. The molecular weight excluding hydrogens is 252 g/mol. The van der Waals surface area contributed by atoms with E-state index in [4.69, 9.17) is 23.7 Å². The number of methoxy groups -OCH3 is 2. The van der Waals surface area contributed by atoms with Crippen LogP contribution in [0.5, 0.6) is 0 Å². The Morgan fingerprint density at radius 3 is 2.74 bits per heavy atom. The zero-order valence-electron chi connectivity index (χ0n) is 11.3. The van der Waals surface area contributed by atoms with Crippen LogP contribution in [0.1, 0.15) is 13.3 Å². The number of esters is 1. The van der Waals surface area contributed by atoms with E-state index in [0.29, 0.717) is 25.4 Å². The lowest BCUT2D eigenvalue weighted by molar-refractivity contribution is -0.192. The van der Waals surface area contributed by atoms with Crippen LogP contribution >= 0.6 is 0 Å². The van der Waals surface area contributed by atoms with E-state index in [0.717, 1.165) is 0 Å². The molecule has 106 valence electrons. The van der Waals surface area contributed by atoms with Crippen LogP contribution in [0.4, 0.5) is 0 Å². The van der Waals surface area contributed by atoms with Crippen LogP contribution in [0.25, 0.3) is 0 Å². The molecule has 3 aliphatic rings. The molecule has 0 saturated carbocycles. The summed E-state index contributed by atoms with van der Waals surface area (Å²) in [5.74, 6) is 0.283. The highest BCUT2D eigenvalue weighted by molar-refractivity contribution is 5.67. The summed E-state index contributed by atoms with van der Waals surface area (Å²) in [6.07, 6.45) is 2.24. The minimum atomic E-state index is -0.666. The van der Waals surface area contributed by atoms with Crippen LogP contribution in [-0.2, 0) is 28.5 Å². The molecular formula is C13H18O6. The summed E-state index contributed by atoms with van der Waals surface area (Å²) in [5.41, 5.74) is -1.24. The van der Waals surface area contributed by atoms with Gasteiger partial charge in [0.05, 0.1) is 13.2 Å². The Morgan fingerprint density at radius 2 is 2.11 bits per heavy atom. The van der Waals surface area contributed by atoms with Gasteiger partial charge in [0.25, 0.3) is 0 Å². The highest BCUT2D eigenvalue weighted by Gasteiger charge is 2.74. The smallest absolute Gasteiger partial charge is 0.307 e. The Labute approximate surface area is 111 Å². The first-order valence-electron chi connectivity index (χ1n) is 6.29. The van der Waals surface area contributed by atoms with Crippen LogP contribution in [0, 0.1) is 0 Å². The summed E-state index contributed by atoms with van der Waals surface area (Å²) in [6, 6.07) is 0. The molecule has 0 radical (unpaired) electrons. The molecule has 0 N–H and O–H groups in total. The third kappa shape index (κ3) is 1.90. The van der Waals surface area contributed by atoms with Crippen molar-refractivity contribution in [3.63, 3.8) is 0 Å². The predicted octanol–water partition coefficient (Wildman–Crippen LogP) is 0.405. The van der Waals surface area contributed by atoms with Gasteiger partial charge in [0.2, 0.25) is 0 Å². The molecule has 4 atom stereocenters. The highest BCUT2D eigenvalue weighted by Crippen LogP contribution is 2.58. The molecule has 3 heterocycles. The van der Waals surface area contributed by atoms with Gasteiger partial charge in [0, 0.05) is 27.6 Å². The van der Waals surface area contributed by atoms with Gasteiger partial charge >= 0.3 is 5.97 Å². The second-order valence-corrected chi connectivity index (χ2v) is 5.35. The number of hydrogen-bond acceptors (Lipinski definition) is 6. The summed E-state index contributed by atoms with van der Waals surface area (Å²) in [5, 5.41) is 0. The van der Waals surface area contributed by atoms with Crippen molar-refractivity contribution in [1.29, 1.82) is 0 Å². The number of ether oxygens (including phenoxy) is 5. The molecule has 6 heteroatoms. The van der Waals surface area contributed by atoms with Crippen molar-refractivity contribution >= 4 is 5.97 Å². The third-order valence-corrected chi connectivity index (χ3v) is 3.80. The van der Waals surface area contributed by atoms with Crippen LogP contribution in [0.15, 0.2) is 11.8 Å². The fraction of sp³-hybridized carbons (Fsp3) is 0.769. The number of epoxide rings is 1. The quantitative estimate of drug-likeness (QED) is 0.532. The van der Waals surface area contributed by atoms with E-state index in [1.165, 1.54) is 6.92 Å². The highest BCUT2D eigenvalue weighted by atomic mass is 16.7. The van der Waals surface area contributed by atoms with Crippen LogP contribution in [0.2, 0.25) is 0 Å². The average molecular weight is 270 g/mol. The fourth-order valence-electron chi connectivity index (χ4n) is 3.28. The SMILES string of the molecule is COC[C@]12CC(OC(C)=O)=C[C@](COC)(O1)[C@@H]1O[C@@H]12. The summed E-state index contributed by atoms with van der Waals surface area (Å²) in [4.78, 5) is 11.2. The van der Waals surface area contributed by atoms with Gasteiger partial charge in [-0.25, -0.2) is 0 Å². The molecule has 2 bridgehead atoms. The van der Waals surface area contributed by atoms with Crippen molar-refractivity contribution in [3.8, 4) is 0 Å². The molecule has 0 aromatic heterocycles. The van der Waals surface area contributed by atoms with Crippen LogP contribution in [-0.4, -0.2) is 56.8 Å². The Morgan fingerprint density at radius 1 is 1.37 bits per heavy atom. The van der Waals surface area contributed by atoms with Crippen molar-refractivity contribution in [2.24, 2.45) is 0 Å². The van der Waals surface area contributed by atoms with Crippen LogP contribution in [0.3, 0.4) is 0 Å². The molecule has 6 nitrogen and oxygen atoms in total. The van der Waals surface area contributed by atoms with E-state index in [2.05, 4.69) is 0 Å². The topological polar surface area (TPSA) is 66.5 Å². The zero-order chi connectivity index (χ0) is 13.7. The maximum absolute atomic E-state index is 11.2. The van der Waals surface area contributed by atoms with Crippen molar-refractivity contribution < 1.29 is 28.5 Å². The summed E-state index contributed by atoms with van der Waals surface area (Å²) < 4.78 is 27.7. The average Bonchev–Trinajstić information content (AvgIpc) is 3.05. The molecule has 0 aromatic carbocycles. The normalized spacial score (nSPS) is 42.6. The van der Waals surface area contributed by atoms with Gasteiger partial charge < -0.3 is 23.7 Å². The second-order valence-electron chi connectivity index (χ2n) is 5.35. The standard InChI is InChI=1S/C13H18O6/c1-8(14)17-9-4-12(6-15-2)10-11(18-10)13(5-9,19-12)7-16-3/h4,10-11H,5-7H2,1-3H3/t10-,11+,12-,13+/m1/s1. The molecule has 3 aliphatic heterocycles.